The van der Waals surface area contributed by atoms with E-state index in [1.807, 2.05) is 31.1 Å². The second-order valence-electron chi connectivity index (χ2n) is 6.02. The third-order valence-electron chi connectivity index (χ3n) is 3.74. The smallest absolute Gasteiger partial charge is 0.232 e. The average molecular weight is 396 g/mol. The molecule has 6 nitrogen and oxygen atoms in total. The van der Waals surface area contributed by atoms with Gasteiger partial charge < -0.3 is 10.2 Å². The zero-order valence-electron chi connectivity index (χ0n) is 14.9. The normalized spacial score (nSPS) is 11.1. The van der Waals surface area contributed by atoms with E-state index >= 15 is 0 Å². The van der Waals surface area contributed by atoms with Gasteiger partial charge in [0.1, 0.15) is 0 Å². The van der Waals surface area contributed by atoms with E-state index in [0.29, 0.717) is 16.4 Å². The molecular weight excluding hydrogens is 374 g/mol. The van der Waals surface area contributed by atoms with E-state index in [0.717, 1.165) is 11.9 Å². The molecule has 0 saturated heterocycles. The Labute approximate surface area is 159 Å². The molecule has 2 aromatic rings. The van der Waals surface area contributed by atoms with Crippen molar-refractivity contribution >= 4 is 44.6 Å². The first-order valence-electron chi connectivity index (χ1n) is 7.98. The van der Waals surface area contributed by atoms with E-state index in [9.17, 15) is 13.2 Å². The Kier molecular flexibility index (Phi) is 6.50. The molecule has 2 rings (SSSR count). The van der Waals surface area contributed by atoms with Crippen LogP contribution in [0.5, 0.6) is 0 Å². The fourth-order valence-corrected chi connectivity index (χ4v) is 3.49. The van der Waals surface area contributed by atoms with Crippen LogP contribution in [0.3, 0.4) is 0 Å². The number of para-hydroxylation sites is 1. The molecule has 0 aliphatic heterocycles. The fourth-order valence-electron chi connectivity index (χ4n) is 2.38. The lowest BCUT2D eigenvalue weighted by Gasteiger charge is -2.23. The number of sulfonamides is 1. The summed E-state index contributed by atoms with van der Waals surface area (Å²) in [7, 11) is 0.296. The molecule has 0 saturated carbocycles. The summed E-state index contributed by atoms with van der Waals surface area (Å²) in [4.78, 5) is 14.1. The second-order valence-corrected chi connectivity index (χ2v) is 8.34. The van der Waals surface area contributed by atoms with Crippen LogP contribution in [0.15, 0.2) is 48.5 Å². The minimum Gasteiger partial charge on any atom is -0.378 e. The number of rotatable bonds is 7. The SMILES string of the molecule is CN(C)c1ccc(N(CCC(=O)Nc2ccccc2Cl)S(C)(=O)=O)cc1. The van der Waals surface area contributed by atoms with Gasteiger partial charge in [-0.1, -0.05) is 23.7 Å². The zero-order chi connectivity index (χ0) is 19.3. The molecule has 140 valence electrons. The standard InChI is InChI=1S/C18H22ClN3O3S/c1-21(2)14-8-10-15(11-9-14)22(26(3,24)25)13-12-18(23)20-17-7-5-4-6-16(17)19/h4-11H,12-13H2,1-3H3,(H,20,23). The Morgan fingerprint density at radius 1 is 1.04 bits per heavy atom. The molecule has 0 spiro atoms. The Morgan fingerprint density at radius 2 is 1.62 bits per heavy atom. The van der Waals surface area contributed by atoms with Crippen LogP contribution in [0.2, 0.25) is 5.02 Å². The number of hydrogen-bond donors (Lipinski definition) is 1. The van der Waals surface area contributed by atoms with Crippen molar-refractivity contribution in [1.82, 2.24) is 0 Å². The van der Waals surface area contributed by atoms with Crippen LogP contribution in [0.4, 0.5) is 17.1 Å². The first-order valence-corrected chi connectivity index (χ1v) is 10.2. The average Bonchev–Trinajstić information content (AvgIpc) is 2.56. The summed E-state index contributed by atoms with van der Waals surface area (Å²) in [5.74, 6) is -0.309. The maximum Gasteiger partial charge on any atom is 0.232 e. The quantitative estimate of drug-likeness (QED) is 0.781. The van der Waals surface area contributed by atoms with Gasteiger partial charge in [-0.3, -0.25) is 9.10 Å². The highest BCUT2D eigenvalue weighted by molar-refractivity contribution is 7.92. The lowest BCUT2D eigenvalue weighted by atomic mass is 10.2. The van der Waals surface area contributed by atoms with Crippen LogP contribution < -0.4 is 14.5 Å². The number of nitrogens with one attached hydrogen (secondary N) is 1. The molecule has 2 aromatic carbocycles. The maximum atomic E-state index is 12.2. The maximum absolute atomic E-state index is 12.2. The molecule has 1 N–H and O–H groups in total. The molecule has 0 aromatic heterocycles. The van der Waals surface area contributed by atoms with Crippen molar-refractivity contribution in [2.45, 2.75) is 6.42 Å². The number of benzene rings is 2. The highest BCUT2D eigenvalue weighted by Gasteiger charge is 2.19. The summed E-state index contributed by atoms with van der Waals surface area (Å²) in [6, 6.07) is 14.0. The molecule has 26 heavy (non-hydrogen) atoms. The van der Waals surface area contributed by atoms with Crippen molar-refractivity contribution in [3.8, 4) is 0 Å². The summed E-state index contributed by atoms with van der Waals surface area (Å²) in [5, 5.41) is 3.12. The molecule has 0 aliphatic rings. The van der Waals surface area contributed by atoms with Crippen LogP contribution in [-0.2, 0) is 14.8 Å². The van der Waals surface area contributed by atoms with E-state index in [-0.39, 0.29) is 18.9 Å². The minimum atomic E-state index is -3.51. The first-order chi connectivity index (χ1) is 12.2. The molecular formula is C18H22ClN3O3S. The monoisotopic (exact) mass is 395 g/mol. The van der Waals surface area contributed by atoms with Crippen LogP contribution in [-0.4, -0.2) is 41.2 Å². The number of amides is 1. The third-order valence-corrected chi connectivity index (χ3v) is 5.27. The van der Waals surface area contributed by atoms with Gasteiger partial charge in [-0.25, -0.2) is 8.42 Å². The van der Waals surface area contributed by atoms with Gasteiger partial charge in [-0.15, -0.1) is 0 Å². The van der Waals surface area contributed by atoms with Gasteiger partial charge in [-0.05, 0) is 36.4 Å². The molecule has 0 heterocycles. The van der Waals surface area contributed by atoms with Crippen molar-refractivity contribution in [2.75, 3.05) is 41.4 Å². The molecule has 0 bridgehead atoms. The number of carbonyl (C=O) groups is 1. The summed E-state index contributed by atoms with van der Waals surface area (Å²) in [5.41, 5.74) is 1.97. The van der Waals surface area contributed by atoms with Gasteiger partial charge in [0.05, 0.1) is 22.7 Å². The van der Waals surface area contributed by atoms with Crippen LogP contribution in [0.1, 0.15) is 6.42 Å². The largest absolute Gasteiger partial charge is 0.378 e. The number of nitrogens with zero attached hydrogens (tertiary/aromatic N) is 2. The van der Waals surface area contributed by atoms with E-state index in [4.69, 9.17) is 11.6 Å². The third kappa shape index (κ3) is 5.37. The van der Waals surface area contributed by atoms with Crippen molar-refractivity contribution < 1.29 is 13.2 Å². The summed E-state index contributed by atoms with van der Waals surface area (Å²) in [6.07, 6.45) is 1.13. The zero-order valence-corrected chi connectivity index (χ0v) is 16.5. The first kappa shape index (κ1) is 20.1. The van der Waals surface area contributed by atoms with E-state index in [1.54, 1.807) is 36.4 Å². The van der Waals surface area contributed by atoms with Gasteiger partial charge in [0.2, 0.25) is 15.9 Å². The predicted molar refractivity (Wildman–Crippen MR) is 108 cm³/mol. The number of carbonyl (C=O) groups excluding carboxylic acids is 1. The summed E-state index contributed by atoms with van der Waals surface area (Å²) < 4.78 is 25.5. The highest BCUT2D eigenvalue weighted by Crippen LogP contribution is 2.23. The molecule has 8 heteroatoms. The van der Waals surface area contributed by atoms with E-state index < -0.39 is 10.0 Å². The van der Waals surface area contributed by atoms with E-state index in [2.05, 4.69) is 5.32 Å². The van der Waals surface area contributed by atoms with Crippen LogP contribution in [0.25, 0.3) is 0 Å². The Balaban J connectivity index is 2.09. The van der Waals surface area contributed by atoms with Gasteiger partial charge in [0, 0.05) is 32.7 Å². The van der Waals surface area contributed by atoms with Crippen LogP contribution in [0, 0.1) is 0 Å². The predicted octanol–water partition coefficient (Wildman–Crippen LogP) is 3.20. The number of anilines is 3. The molecule has 0 atom stereocenters. The molecule has 0 unspecified atom stereocenters. The summed E-state index contributed by atoms with van der Waals surface area (Å²) in [6.45, 7) is 0.0381. The van der Waals surface area contributed by atoms with E-state index in [1.165, 1.54) is 4.31 Å². The lowest BCUT2D eigenvalue weighted by molar-refractivity contribution is -0.116. The second kappa shape index (κ2) is 8.42. The van der Waals surface area contributed by atoms with Crippen molar-refractivity contribution in [3.05, 3.63) is 53.6 Å². The molecule has 0 aliphatic carbocycles. The highest BCUT2D eigenvalue weighted by atomic mass is 35.5. The topological polar surface area (TPSA) is 69.7 Å². The van der Waals surface area contributed by atoms with Gasteiger partial charge in [0.15, 0.2) is 0 Å². The minimum absolute atomic E-state index is 0.00766. The van der Waals surface area contributed by atoms with Crippen LogP contribution >= 0.6 is 11.6 Å². The molecule has 1 amide bonds. The van der Waals surface area contributed by atoms with Gasteiger partial charge in [0.25, 0.3) is 0 Å². The number of halogens is 1. The van der Waals surface area contributed by atoms with Crippen molar-refractivity contribution in [3.63, 3.8) is 0 Å². The lowest BCUT2D eigenvalue weighted by Crippen LogP contribution is -2.33. The Hall–Kier alpha value is -2.25. The Bertz CT molecular complexity index is 868. The Morgan fingerprint density at radius 3 is 2.15 bits per heavy atom. The van der Waals surface area contributed by atoms with Gasteiger partial charge in [-0.2, -0.15) is 0 Å². The fraction of sp³-hybridized carbons (Fsp3) is 0.278. The van der Waals surface area contributed by atoms with Crippen molar-refractivity contribution in [2.24, 2.45) is 0 Å². The summed E-state index contributed by atoms with van der Waals surface area (Å²) >= 11 is 6.01. The van der Waals surface area contributed by atoms with Crippen molar-refractivity contribution in [1.29, 1.82) is 0 Å². The molecule has 0 radical (unpaired) electrons. The molecule has 0 fully saturated rings. The number of hydrogen-bond acceptors (Lipinski definition) is 4. The van der Waals surface area contributed by atoms with Gasteiger partial charge >= 0.3 is 0 Å².